The van der Waals surface area contributed by atoms with E-state index in [0.29, 0.717) is 17.5 Å². The van der Waals surface area contributed by atoms with Gasteiger partial charge in [0.05, 0.1) is 0 Å². The Morgan fingerprint density at radius 2 is 2.00 bits per heavy atom. The van der Waals surface area contributed by atoms with Gasteiger partial charge in [-0.05, 0) is 55.7 Å². The van der Waals surface area contributed by atoms with Crippen LogP contribution in [-0.2, 0) is 6.42 Å². The molecule has 0 heterocycles. The van der Waals surface area contributed by atoms with Gasteiger partial charge in [-0.25, -0.2) is 0 Å². The van der Waals surface area contributed by atoms with E-state index < -0.39 is 0 Å². The van der Waals surface area contributed by atoms with Crippen LogP contribution < -0.4 is 5.32 Å². The molecule has 18 heavy (non-hydrogen) atoms. The quantitative estimate of drug-likeness (QED) is 0.860. The topological polar surface area (TPSA) is 12.0 Å². The van der Waals surface area contributed by atoms with Crippen molar-refractivity contribution in [1.82, 2.24) is 5.32 Å². The van der Waals surface area contributed by atoms with Crippen LogP contribution in [0.5, 0.6) is 0 Å². The van der Waals surface area contributed by atoms with Crippen molar-refractivity contribution in [2.24, 2.45) is 5.41 Å². The van der Waals surface area contributed by atoms with Gasteiger partial charge in [0.2, 0.25) is 0 Å². The number of hydrogen-bond donors (Lipinski definition) is 1. The maximum Gasteiger partial charge on any atom is 0.0175 e. The lowest BCUT2D eigenvalue weighted by molar-refractivity contribution is 0.354. The molecule has 2 heteroatoms. The van der Waals surface area contributed by atoms with E-state index in [-0.39, 0.29) is 0 Å². The molecule has 1 aromatic rings. The van der Waals surface area contributed by atoms with E-state index in [0.717, 1.165) is 10.9 Å². The second-order valence-electron chi connectivity index (χ2n) is 6.50. The summed E-state index contributed by atoms with van der Waals surface area (Å²) in [6, 6.07) is 9.94. The molecule has 0 radical (unpaired) electrons. The Balaban J connectivity index is 1.82. The molecule has 2 atom stereocenters. The van der Waals surface area contributed by atoms with Crippen molar-refractivity contribution in [3.8, 4) is 0 Å². The lowest BCUT2D eigenvalue weighted by atomic mass is 9.91. The van der Waals surface area contributed by atoms with Crippen LogP contribution in [0.1, 0.15) is 45.6 Å². The van der Waals surface area contributed by atoms with Crippen molar-refractivity contribution in [3.05, 3.63) is 34.3 Å². The molecule has 1 aliphatic rings. The second kappa shape index (κ2) is 5.75. The summed E-state index contributed by atoms with van der Waals surface area (Å²) >= 11 is 3.48. The number of halogens is 1. The third-order valence-electron chi connectivity index (χ3n) is 3.94. The van der Waals surface area contributed by atoms with E-state index in [1.54, 1.807) is 0 Å². The van der Waals surface area contributed by atoms with E-state index in [1.165, 1.54) is 24.8 Å². The lowest BCUT2D eigenvalue weighted by Gasteiger charge is -2.21. The summed E-state index contributed by atoms with van der Waals surface area (Å²) in [6.45, 7) is 7.06. The minimum Gasteiger partial charge on any atom is -0.311 e. The van der Waals surface area contributed by atoms with Crippen molar-refractivity contribution in [2.75, 3.05) is 0 Å². The molecule has 0 bridgehead atoms. The lowest BCUT2D eigenvalue weighted by Crippen LogP contribution is -2.36. The summed E-state index contributed by atoms with van der Waals surface area (Å²) in [5, 5.41) is 3.79. The molecule has 100 valence electrons. The Morgan fingerprint density at radius 1 is 1.33 bits per heavy atom. The summed E-state index contributed by atoms with van der Waals surface area (Å²) in [5.41, 5.74) is 1.95. The molecular formula is C16H24BrN. The van der Waals surface area contributed by atoms with Crippen LogP contribution >= 0.6 is 15.9 Å². The largest absolute Gasteiger partial charge is 0.311 e. The zero-order valence-corrected chi connectivity index (χ0v) is 13.3. The summed E-state index contributed by atoms with van der Waals surface area (Å²) in [7, 11) is 0. The predicted molar refractivity (Wildman–Crippen MR) is 81.9 cm³/mol. The molecule has 1 saturated carbocycles. The van der Waals surface area contributed by atoms with Gasteiger partial charge in [-0.3, -0.25) is 0 Å². The Labute approximate surface area is 119 Å². The van der Waals surface area contributed by atoms with Crippen LogP contribution in [0.3, 0.4) is 0 Å². The fourth-order valence-corrected chi connectivity index (χ4v) is 3.28. The van der Waals surface area contributed by atoms with E-state index in [4.69, 9.17) is 0 Å². The SMILES string of the molecule is CC(Cc1ccc(Br)cc1)NC1CCC(C)(C)C1. The minimum atomic E-state index is 0.537. The zero-order chi connectivity index (χ0) is 13.2. The molecular weight excluding hydrogens is 286 g/mol. The van der Waals surface area contributed by atoms with Crippen LogP contribution in [0, 0.1) is 5.41 Å². The standard InChI is InChI=1S/C16H24BrN/c1-12(10-13-4-6-14(17)7-5-13)18-15-8-9-16(2,3)11-15/h4-7,12,15,18H,8-11H2,1-3H3. The third kappa shape index (κ3) is 4.10. The third-order valence-corrected chi connectivity index (χ3v) is 4.47. The molecule has 0 amide bonds. The minimum absolute atomic E-state index is 0.537. The van der Waals surface area contributed by atoms with Gasteiger partial charge >= 0.3 is 0 Å². The maximum absolute atomic E-state index is 3.79. The highest BCUT2D eigenvalue weighted by Crippen LogP contribution is 2.37. The van der Waals surface area contributed by atoms with Gasteiger partial charge in [0.1, 0.15) is 0 Å². The molecule has 0 aromatic heterocycles. The Bertz CT molecular complexity index is 383. The van der Waals surface area contributed by atoms with Crippen LogP contribution in [0.2, 0.25) is 0 Å². The van der Waals surface area contributed by atoms with Crippen molar-refractivity contribution in [3.63, 3.8) is 0 Å². The number of nitrogens with one attached hydrogen (secondary N) is 1. The fourth-order valence-electron chi connectivity index (χ4n) is 3.01. The van der Waals surface area contributed by atoms with Crippen LogP contribution in [0.4, 0.5) is 0 Å². The predicted octanol–water partition coefficient (Wildman–Crippen LogP) is 4.55. The molecule has 1 aliphatic carbocycles. The van der Waals surface area contributed by atoms with Gasteiger partial charge in [0.25, 0.3) is 0 Å². The van der Waals surface area contributed by atoms with Crippen LogP contribution in [0.15, 0.2) is 28.7 Å². The Morgan fingerprint density at radius 3 is 2.56 bits per heavy atom. The summed E-state index contributed by atoms with van der Waals surface area (Å²) in [4.78, 5) is 0. The number of hydrogen-bond acceptors (Lipinski definition) is 1. The van der Waals surface area contributed by atoms with Crippen molar-refractivity contribution in [1.29, 1.82) is 0 Å². The molecule has 2 unspecified atom stereocenters. The smallest absolute Gasteiger partial charge is 0.0175 e. The van der Waals surface area contributed by atoms with Crippen molar-refractivity contribution in [2.45, 2.75) is 58.5 Å². The van der Waals surface area contributed by atoms with E-state index in [2.05, 4.69) is 66.3 Å². The summed E-state index contributed by atoms with van der Waals surface area (Å²) in [6.07, 6.45) is 5.12. The van der Waals surface area contributed by atoms with Gasteiger partial charge in [-0.1, -0.05) is 41.9 Å². The van der Waals surface area contributed by atoms with Gasteiger partial charge in [-0.15, -0.1) is 0 Å². The summed E-state index contributed by atoms with van der Waals surface area (Å²) < 4.78 is 1.16. The number of rotatable bonds is 4. The van der Waals surface area contributed by atoms with Gasteiger partial charge in [-0.2, -0.15) is 0 Å². The first-order valence-corrected chi connectivity index (χ1v) is 7.74. The first kappa shape index (κ1) is 14.1. The molecule has 1 nitrogen and oxygen atoms in total. The fraction of sp³-hybridized carbons (Fsp3) is 0.625. The normalized spacial score (nSPS) is 24.1. The average molecular weight is 310 g/mol. The molecule has 1 N–H and O–H groups in total. The first-order chi connectivity index (χ1) is 8.44. The van der Waals surface area contributed by atoms with Crippen molar-refractivity contribution >= 4 is 15.9 Å². The number of benzene rings is 1. The average Bonchev–Trinajstić information content (AvgIpc) is 2.61. The second-order valence-corrected chi connectivity index (χ2v) is 7.42. The van der Waals surface area contributed by atoms with E-state index in [1.807, 2.05) is 0 Å². The molecule has 0 aliphatic heterocycles. The van der Waals surface area contributed by atoms with Crippen LogP contribution in [-0.4, -0.2) is 12.1 Å². The zero-order valence-electron chi connectivity index (χ0n) is 11.7. The molecule has 1 aromatic carbocycles. The molecule has 0 saturated heterocycles. The van der Waals surface area contributed by atoms with Gasteiger partial charge < -0.3 is 5.32 Å². The van der Waals surface area contributed by atoms with Crippen molar-refractivity contribution < 1.29 is 0 Å². The van der Waals surface area contributed by atoms with Gasteiger partial charge in [0, 0.05) is 16.6 Å². The van der Waals surface area contributed by atoms with E-state index in [9.17, 15) is 0 Å². The van der Waals surface area contributed by atoms with E-state index >= 15 is 0 Å². The molecule has 2 rings (SSSR count). The highest BCUT2D eigenvalue weighted by atomic mass is 79.9. The highest BCUT2D eigenvalue weighted by molar-refractivity contribution is 9.10. The van der Waals surface area contributed by atoms with Gasteiger partial charge in [0.15, 0.2) is 0 Å². The Kier molecular flexibility index (Phi) is 4.50. The Hall–Kier alpha value is -0.340. The maximum atomic E-state index is 3.79. The van der Waals surface area contributed by atoms with Crippen LogP contribution in [0.25, 0.3) is 0 Å². The molecule has 1 fully saturated rings. The highest BCUT2D eigenvalue weighted by Gasteiger charge is 2.31. The first-order valence-electron chi connectivity index (χ1n) is 6.95. The summed E-state index contributed by atoms with van der Waals surface area (Å²) in [5.74, 6) is 0. The molecule has 0 spiro atoms. The monoisotopic (exact) mass is 309 g/mol.